The molecule has 17 heavy (non-hydrogen) atoms. The van der Waals surface area contributed by atoms with Crippen LogP contribution in [0.25, 0.3) is 0 Å². The molecule has 0 amide bonds. The average molecular weight is 238 g/mol. The highest BCUT2D eigenvalue weighted by atomic mass is 16.3. The van der Waals surface area contributed by atoms with E-state index in [2.05, 4.69) is 30.5 Å². The molecule has 0 aliphatic carbocycles. The van der Waals surface area contributed by atoms with Crippen molar-refractivity contribution in [2.45, 2.75) is 40.7 Å². The summed E-state index contributed by atoms with van der Waals surface area (Å²) in [7, 11) is 0. The van der Waals surface area contributed by atoms with E-state index in [-0.39, 0.29) is 0 Å². The van der Waals surface area contributed by atoms with E-state index >= 15 is 0 Å². The van der Waals surface area contributed by atoms with E-state index in [1.54, 1.807) is 0 Å². The van der Waals surface area contributed by atoms with Crippen LogP contribution < -0.4 is 10.6 Å². The van der Waals surface area contributed by atoms with Gasteiger partial charge in [0, 0.05) is 12.1 Å². The predicted molar refractivity (Wildman–Crippen MR) is 72.2 cm³/mol. The van der Waals surface area contributed by atoms with E-state index < -0.39 is 0 Å². The monoisotopic (exact) mass is 238 g/mol. The van der Waals surface area contributed by atoms with Crippen molar-refractivity contribution in [2.75, 3.05) is 19.6 Å². The van der Waals surface area contributed by atoms with Gasteiger partial charge in [-0.3, -0.25) is 0 Å². The Hall–Kier alpha value is -0.800. The Labute approximate surface area is 105 Å². The maximum atomic E-state index is 5.48. The van der Waals surface area contributed by atoms with Crippen LogP contribution in [0.4, 0.5) is 0 Å². The first kappa shape index (κ1) is 14.3. The summed E-state index contributed by atoms with van der Waals surface area (Å²) in [6.45, 7) is 12.6. The SMILES string of the molecule is Cc1cc(CNCCCNCC(C)C)c(C)o1. The zero-order valence-corrected chi connectivity index (χ0v) is 11.6. The van der Waals surface area contributed by atoms with E-state index in [1.165, 1.54) is 12.0 Å². The van der Waals surface area contributed by atoms with Crippen LogP contribution in [0.1, 0.15) is 37.4 Å². The molecule has 3 heteroatoms. The molecular formula is C14H26N2O. The quantitative estimate of drug-likeness (QED) is 0.684. The average Bonchev–Trinajstić information content (AvgIpc) is 2.55. The summed E-state index contributed by atoms with van der Waals surface area (Å²) in [4.78, 5) is 0. The lowest BCUT2D eigenvalue weighted by Crippen LogP contribution is -2.24. The van der Waals surface area contributed by atoms with Crippen LogP contribution in [-0.2, 0) is 6.54 Å². The van der Waals surface area contributed by atoms with Gasteiger partial charge in [-0.15, -0.1) is 0 Å². The Kier molecular flexibility index (Phi) is 6.30. The molecule has 98 valence electrons. The number of nitrogens with one attached hydrogen (secondary N) is 2. The summed E-state index contributed by atoms with van der Waals surface area (Å²) in [6, 6.07) is 2.11. The molecule has 2 N–H and O–H groups in total. The minimum Gasteiger partial charge on any atom is -0.466 e. The van der Waals surface area contributed by atoms with E-state index in [9.17, 15) is 0 Å². The van der Waals surface area contributed by atoms with Crippen LogP contribution in [0, 0.1) is 19.8 Å². The largest absolute Gasteiger partial charge is 0.466 e. The molecule has 1 aromatic heterocycles. The fourth-order valence-electron chi connectivity index (χ4n) is 1.81. The van der Waals surface area contributed by atoms with Gasteiger partial charge in [-0.25, -0.2) is 0 Å². The van der Waals surface area contributed by atoms with Crippen LogP contribution in [-0.4, -0.2) is 19.6 Å². The normalized spacial score (nSPS) is 11.4. The topological polar surface area (TPSA) is 37.2 Å². The second-order valence-electron chi connectivity index (χ2n) is 5.07. The highest BCUT2D eigenvalue weighted by Crippen LogP contribution is 2.12. The standard InChI is InChI=1S/C14H26N2O/c1-11(2)9-15-6-5-7-16-10-14-8-12(3)17-13(14)4/h8,11,15-16H,5-7,9-10H2,1-4H3. The molecule has 0 atom stereocenters. The molecule has 1 heterocycles. The zero-order chi connectivity index (χ0) is 12.7. The fourth-order valence-corrected chi connectivity index (χ4v) is 1.81. The van der Waals surface area contributed by atoms with Gasteiger partial charge in [-0.05, 0) is 51.9 Å². The molecule has 0 radical (unpaired) electrons. The molecular weight excluding hydrogens is 212 g/mol. The van der Waals surface area contributed by atoms with Gasteiger partial charge in [-0.1, -0.05) is 13.8 Å². The first-order valence-electron chi connectivity index (χ1n) is 6.57. The summed E-state index contributed by atoms with van der Waals surface area (Å²) in [5.74, 6) is 2.77. The molecule has 0 saturated carbocycles. The highest BCUT2D eigenvalue weighted by Gasteiger charge is 2.03. The van der Waals surface area contributed by atoms with Crippen molar-refractivity contribution in [3.8, 4) is 0 Å². The van der Waals surface area contributed by atoms with Gasteiger partial charge >= 0.3 is 0 Å². The minimum absolute atomic E-state index is 0.736. The summed E-state index contributed by atoms with van der Waals surface area (Å²) < 4.78 is 5.48. The Balaban J connectivity index is 2.03. The van der Waals surface area contributed by atoms with E-state index in [1.807, 2.05) is 13.8 Å². The van der Waals surface area contributed by atoms with Crippen molar-refractivity contribution < 1.29 is 4.42 Å². The van der Waals surface area contributed by atoms with Crippen molar-refractivity contribution >= 4 is 0 Å². The van der Waals surface area contributed by atoms with Gasteiger partial charge in [0.25, 0.3) is 0 Å². The van der Waals surface area contributed by atoms with Crippen molar-refractivity contribution in [1.82, 2.24) is 10.6 Å². The Morgan fingerprint density at radius 2 is 1.88 bits per heavy atom. The van der Waals surface area contributed by atoms with Crippen molar-refractivity contribution in [2.24, 2.45) is 5.92 Å². The number of hydrogen-bond acceptors (Lipinski definition) is 3. The molecule has 1 aromatic rings. The van der Waals surface area contributed by atoms with Gasteiger partial charge in [0.05, 0.1) is 0 Å². The zero-order valence-electron chi connectivity index (χ0n) is 11.6. The maximum absolute atomic E-state index is 5.48. The number of furan rings is 1. The first-order valence-corrected chi connectivity index (χ1v) is 6.57. The molecule has 0 saturated heterocycles. The van der Waals surface area contributed by atoms with Crippen LogP contribution >= 0.6 is 0 Å². The van der Waals surface area contributed by atoms with Gasteiger partial charge in [0.1, 0.15) is 11.5 Å². The summed E-state index contributed by atoms with van der Waals surface area (Å²) in [5, 5.41) is 6.88. The molecule has 0 bridgehead atoms. The lowest BCUT2D eigenvalue weighted by molar-refractivity contribution is 0.497. The molecule has 3 nitrogen and oxygen atoms in total. The van der Waals surface area contributed by atoms with Gasteiger partial charge in [-0.2, -0.15) is 0 Å². The summed E-state index contributed by atoms with van der Waals surface area (Å²) in [6.07, 6.45) is 1.17. The second-order valence-corrected chi connectivity index (χ2v) is 5.07. The van der Waals surface area contributed by atoms with Gasteiger partial charge in [0.2, 0.25) is 0 Å². The Bertz CT molecular complexity index is 318. The highest BCUT2D eigenvalue weighted by molar-refractivity contribution is 5.19. The first-order chi connectivity index (χ1) is 8.09. The molecule has 0 aliphatic rings. The molecule has 0 unspecified atom stereocenters. The van der Waals surface area contributed by atoms with Crippen LogP contribution in [0.2, 0.25) is 0 Å². The summed E-state index contributed by atoms with van der Waals surface area (Å²) >= 11 is 0. The number of aryl methyl sites for hydroxylation is 2. The Morgan fingerprint density at radius 1 is 1.18 bits per heavy atom. The molecule has 0 fully saturated rings. The van der Waals surface area contributed by atoms with Crippen LogP contribution in [0.5, 0.6) is 0 Å². The lowest BCUT2D eigenvalue weighted by Gasteiger charge is -2.07. The van der Waals surface area contributed by atoms with Crippen molar-refractivity contribution in [3.63, 3.8) is 0 Å². The molecule has 1 rings (SSSR count). The smallest absolute Gasteiger partial charge is 0.105 e. The molecule has 0 aliphatic heterocycles. The van der Waals surface area contributed by atoms with E-state index in [4.69, 9.17) is 4.42 Å². The van der Waals surface area contributed by atoms with Gasteiger partial charge < -0.3 is 15.1 Å². The number of rotatable bonds is 8. The Morgan fingerprint density at radius 3 is 2.47 bits per heavy atom. The maximum Gasteiger partial charge on any atom is 0.105 e. The lowest BCUT2D eigenvalue weighted by atomic mass is 10.2. The number of hydrogen-bond donors (Lipinski definition) is 2. The van der Waals surface area contributed by atoms with E-state index in [0.29, 0.717) is 0 Å². The third kappa shape index (κ3) is 5.89. The van der Waals surface area contributed by atoms with Crippen LogP contribution in [0.3, 0.4) is 0 Å². The minimum atomic E-state index is 0.736. The molecule has 0 aromatic carbocycles. The predicted octanol–water partition coefficient (Wildman–Crippen LogP) is 2.62. The third-order valence-corrected chi connectivity index (χ3v) is 2.72. The fraction of sp³-hybridized carbons (Fsp3) is 0.714. The van der Waals surface area contributed by atoms with Crippen molar-refractivity contribution in [1.29, 1.82) is 0 Å². The second kappa shape index (κ2) is 7.51. The van der Waals surface area contributed by atoms with E-state index in [0.717, 1.165) is 43.6 Å². The third-order valence-electron chi connectivity index (χ3n) is 2.72. The van der Waals surface area contributed by atoms with Crippen molar-refractivity contribution in [3.05, 3.63) is 23.2 Å². The molecule has 0 spiro atoms. The van der Waals surface area contributed by atoms with Crippen LogP contribution in [0.15, 0.2) is 10.5 Å². The summed E-state index contributed by atoms with van der Waals surface area (Å²) in [5.41, 5.74) is 1.28. The van der Waals surface area contributed by atoms with Gasteiger partial charge in [0.15, 0.2) is 0 Å².